The van der Waals surface area contributed by atoms with Gasteiger partial charge < -0.3 is 9.64 Å². The Labute approximate surface area is 109 Å². The Balaban J connectivity index is 1.75. The molecule has 4 heteroatoms. The van der Waals surface area contributed by atoms with Crippen LogP contribution in [0, 0.1) is 11.3 Å². The summed E-state index contributed by atoms with van der Waals surface area (Å²) >= 11 is 0. The molecule has 1 aliphatic carbocycles. The third-order valence-electron chi connectivity index (χ3n) is 3.87. The summed E-state index contributed by atoms with van der Waals surface area (Å²) in [6.45, 7) is 9.06. The Morgan fingerprint density at radius 1 is 1.28 bits per heavy atom. The smallest absolute Gasteiger partial charge is 0.410 e. The van der Waals surface area contributed by atoms with Crippen LogP contribution in [0.25, 0.3) is 0 Å². The van der Waals surface area contributed by atoms with Crippen LogP contribution >= 0.6 is 0 Å². The van der Waals surface area contributed by atoms with Crippen molar-refractivity contribution in [3.05, 3.63) is 0 Å². The van der Waals surface area contributed by atoms with Crippen LogP contribution in [0.15, 0.2) is 0 Å². The van der Waals surface area contributed by atoms with Crippen molar-refractivity contribution in [2.45, 2.75) is 52.6 Å². The number of likely N-dealkylation sites (tertiary alicyclic amines) is 1. The zero-order valence-corrected chi connectivity index (χ0v) is 11.8. The number of Topliss-reactive ketones (excluding diaryl/α,β-unsaturated/α-hetero) is 1. The fourth-order valence-electron chi connectivity index (χ4n) is 2.98. The van der Waals surface area contributed by atoms with Crippen molar-refractivity contribution in [2.75, 3.05) is 13.1 Å². The highest BCUT2D eigenvalue weighted by molar-refractivity contribution is 5.82. The van der Waals surface area contributed by atoms with Gasteiger partial charge in [-0.3, -0.25) is 4.79 Å². The van der Waals surface area contributed by atoms with Crippen molar-refractivity contribution in [1.82, 2.24) is 4.90 Å². The van der Waals surface area contributed by atoms with Gasteiger partial charge in [0.2, 0.25) is 0 Å². The number of hydrogen-bond donors (Lipinski definition) is 0. The van der Waals surface area contributed by atoms with E-state index in [1.807, 2.05) is 27.7 Å². The summed E-state index contributed by atoms with van der Waals surface area (Å²) in [7, 11) is 0. The first kappa shape index (κ1) is 13.4. The highest BCUT2D eigenvalue weighted by atomic mass is 16.6. The van der Waals surface area contributed by atoms with E-state index in [1.165, 1.54) is 0 Å². The summed E-state index contributed by atoms with van der Waals surface area (Å²) in [5, 5.41) is 0. The predicted octanol–water partition coefficient (Wildman–Crippen LogP) is 2.61. The van der Waals surface area contributed by atoms with Crippen LogP contribution in [-0.2, 0) is 9.53 Å². The number of ether oxygens (including phenoxy) is 1. The summed E-state index contributed by atoms with van der Waals surface area (Å²) in [4.78, 5) is 25.0. The normalized spacial score (nSPS) is 22.3. The maximum atomic E-state index is 11.8. The monoisotopic (exact) mass is 253 g/mol. The van der Waals surface area contributed by atoms with E-state index >= 15 is 0 Å². The van der Waals surface area contributed by atoms with Crippen molar-refractivity contribution < 1.29 is 14.3 Å². The SMILES string of the molecule is CCC(=O)C1CC2(C1)CN(C(=O)OC(C)(C)C)C2. The topological polar surface area (TPSA) is 46.6 Å². The van der Waals surface area contributed by atoms with E-state index in [0.29, 0.717) is 12.2 Å². The first-order valence-electron chi connectivity index (χ1n) is 6.75. The van der Waals surface area contributed by atoms with Crippen LogP contribution in [0.2, 0.25) is 0 Å². The molecule has 0 bridgehead atoms. The second-order valence-electron chi connectivity index (χ2n) is 6.76. The molecule has 0 radical (unpaired) electrons. The largest absolute Gasteiger partial charge is 0.444 e. The first-order chi connectivity index (χ1) is 8.25. The van der Waals surface area contributed by atoms with Gasteiger partial charge in [0.15, 0.2) is 0 Å². The zero-order chi connectivity index (χ0) is 13.6. The molecule has 0 atom stereocenters. The molecule has 0 aromatic carbocycles. The molecule has 1 saturated carbocycles. The van der Waals surface area contributed by atoms with Crippen LogP contribution in [0.5, 0.6) is 0 Å². The van der Waals surface area contributed by atoms with Gasteiger partial charge in [0, 0.05) is 30.8 Å². The molecule has 18 heavy (non-hydrogen) atoms. The minimum Gasteiger partial charge on any atom is -0.444 e. The molecule has 1 amide bonds. The minimum atomic E-state index is -0.430. The molecule has 1 spiro atoms. The van der Waals surface area contributed by atoms with E-state index in [4.69, 9.17) is 4.74 Å². The molecular formula is C14H23NO3. The fourth-order valence-corrected chi connectivity index (χ4v) is 2.98. The minimum absolute atomic E-state index is 0.224. The molecule has 2 fully saturated rings. The van der Waals surface area contributed by atoms with E-state index in [9.17, 15) is 9.59 Å². The molecule has 102 valence electrons. The number of rotatable bonds is 2. The lowest BCUT2D eigenvalue weighted by Crippen LogP contribution is -2.65. The Hall–Kier alpha value is -1.06. The molecule has 2 rings (SSSR count). The van der Waals surface area contributed by atoms with Gasteiger partial charge in [0.1, 0.15) is 11.4 Å². The molecular weight excluding hydrogens is 230 g/mol. The van der Waals surface area contributed by atoms with Gasteiger partial charge in [-0.05, 0) is 33.6 Å². The Morgan fingerprint density at radius 3 is 2.28 bits per heavy atom. The van der Waals surface area contributed by atoms with Gasteiger partial charge in [-0.2, -0.15) is 0 Å². The van der Waals surface area contributed by atoms with E-state index in [0.717, 1.165) is 25.9 Å². The maximum Gasteiger partial charge on any atom is 0.410 e. The van der Waals surface area contributed by atoms with E-state index in [2.05, 4.69) is 0 Å². The third-order valence-corrected chi connectivity index (χ3v) is 3.87. The van der Waals surface area contributed by atoms with Crippen molar-refractivity contribution in [3.8, 4) is 0 Å². The second-order valence-corrected chi connectivity index (χ2v) is 6.76. The average molecular weight is 253 g/mol. The number of amides is 1. The van der Waals surface area contributed by atoms with Crippen molar-refractivity contribution in [2.24, 2.45) is 11.3 Å². The number of nitrogens with zero attached hydrogens (tertiary/aromatic N) is 1. The summed E-state index contributed by atoms with van der Waals surface area (Å²) in [6.07, 6.45) is 2.33. The summed E-state index contributed by atoms with van der Waals surface area (Å²) in [5.41, 5.74) is -0.202. The van der Waals surface area contributed by atoms with E-state index in [1.54, 1.807) is 4.90 Å². The van der Waals surface area contributed by atoms with Gasteiger partial charge in [-0.15, -0.1) is 0 Å². The number of carbonyl (C=O) groups is 2. The average Bonchev–Trinajstić information content (AvgIpc) is 2.09. The van der Waals surface area contributed by atoms with Crippen LogP contribution < -0.4 is 0 Å². The predicted molar refractivity (Wildman–Crippen MR) is 68.3 cm³/mol. The Kier molecular flexibility index (Phi) is 3.16. The highest BCUT2D eigenvalue weighted by Crippen LogP contribution is 2.52. The van der Waals surface area contributed by atoms with E-state index < -0.39 is 5.60 Å². The van der Waals surface area contributed by atoms with Crippen LogP contribution in [0.4, 0.5) is 4.79 Å². The van der Waals surface area contributed by atoms with Gasteiger partial charge in [-0.25, -0.2) is 4.79 Å². The molecule has 0 N–H and O–H groups in total. The van der Waals surface area contributed by atoms with Gasteiger partial charge in [-0.1, -0.05) is 6.92 Å². The van der Waals surface area contributed by atoms with Crippen molar-refractivity contribution in [1.29, 1.82) is 0 Å². The fraction of sp³-hybridized carbons (Fsp3) is 0.857. The summed E-state index contributed by atoms with van der Waals surface area (Å²) < 4.78 is 5.32. The second kappa shape index (κ2) is 4.25. The molecule has 0 unspecified atom stereocenters. The van der Waals surface area contributed by atoms with Crippen molar-refractivity contribution >= 4 is 11.9 Å². The maximum absolute atomic E-state index is 11.8. The summed E-state index contributed by atoms with van der Waals surface area (Å²) in [6, 6.07) is 0. The molecule has 1 aliphatic heterocycles. The van der Waals surface area contributed by atoms with Gasteiger partial charge >= 0.3 is 6.09 Å². The quantitative estimate of drug-likeness (QED) is 0.760. The molecule has 0 aromatic heterocycles. The Morgan fingerprint density at radius 2 is 1.83 bits per heavy atom. The van der Waals surface area contributed by atoms with Crippen molar-refractivity contribution in [3.63, 3.8) is 0 Å². The lowest BCUT2D eigenvalue weighted by molar-refractivity contribution is -0.140. The summed E-state index contributed by atoms with van der Waals surface area (Å²) in [5.74, 6) is 0.618. The van der Waals surface area contributed by atoms with E-state index in [-0.39, 0.29) is 17.4 Å². The molecule has 1 heterocycles. The lowest BCUT2D eigenvalue weighted by Gasteiger charge is -2.58. The number of hydrogen-bond acceptors (Lipinski definition) is 3. The highest BCUT2D eigenvalue weighted by Gasteiger charge is 2.55. The number of carbonyl (C=O) groups excluding carboxylic acids is 2. The van der Waals surface area contributed by atoms with Gasteiger partial charge in [0.05, 0.1) is 0 Å². The third kappa shape index (κ3) is 2.52. The molecule has 4 nitrogen and oxygen atoms in total. The lowest BCUT2D eigenvalue weighted by atomic mass is 9.56. The Bertz CT molecular complexity index is 356. The van der Waals surface area contributed by atoms with Gasteiger partial charge in [0.25, 0.3) is 0 Å². The zero-order valence-electron chi connectivity index (χ0n) is 11.8. The number of ketones is 1. The van der Waals surface area contributed by atoms with Crippen LogP contribution in [0.1, 0.15) is 47.0 Å². The molecule has 1 saturated heterocycles. The van der Waals surface area contributed by atoms with Crippen LogP contribution in [-0.4, -0.2) is 35.5 Å². The molecule has 2 aliphatic rings. The standard InChI is InChI=1S/C14H23NO3/c1-5-11(16)10-6-14(7-10)8-15(9-14)12(17)18-13(2,3)4/h10H,5-9H2,1-4H3. The molecule has 0 aromatic rings. The first-order valence-corrected chi connectivity index (χ1v) is 6.75. The van der Waals surface area contributed by atoms with Crippen LogP contribution in [0.3, 0.4) is 0 Å².